The summed E-state index contributed by atoms with van der Waals surface area (Å²) in [6.07, 6.45) is 0.943. The number of nitrogens with two attached hydrogens (primary N) is 2. The van der Waals surface area contributed by atoms with Crippen molar-refractivity contribution >= 4 is 11.6 Å². The van der Waals surface area contributed by atoms with Crippen LogP contribution in [0.5, 0.6) is 0 Å². The maximum atomic E-state index is 11.3. The number of hydrogen-bond acceptors (Lipinski definition) is 3. The number of primary amides is 1. The number of rotatable bonds is 4. The van der Waals surface area contributed by atoms with E-state index in [9.17, 15) is 4.79 Å². The third-order valence-corrected chi connectivity index (χ3v) is 3.50. The normalized spacial score (nSPS) is 20.1. The van der Waals surface area contributed by atoms with Crippen LogP contribution in [0, 0.1) is 0 Å². The van der Waals surface area contributed by atoms with Gasteiger partial charge >= 0.3 is 0 Å². The van der Waals surface area contributed by atoms with E-state index in [4.69, 9.17) is 11.5 Å². The van der Waals surface area contributed by atoms with Crippen LogP contribution in [0.25, 0.3) is 0 Å². The van der Waals surface area contributed by atoms with Gasteiger partial charge in [0.15, 0.2) is 0 Å². The van der Waals surface area contributed by atoms with Crippen molar-refractivity contribution in [2.75, 3.05) is 18.0 Å². The second kappa shape index (κ2) is 4.75. The zero-order valence-electron chi connectivity index (χ0n) is 10.1. The van der Waals surface area contributed by atoms with Gasteiger partial charge in [0, 0.05) is 18.2 Å². The molecule has 4 N–H and O–H groups in total. The Bertz CT molecular complexity index is 419. The van der Waals surface area contributed by atoms with Gasteiger partial charge in [0.2, 0.25) is 5.91 Å². The number of carbonyl (C=O) groups excluding carboxylic acids is 1. The van der Waals surface area contributed by atoms with Crippen LogP contribution in [0.2, 0.25) is 0 Å². The van der Waals surface area contributed by atoms with Crippen LogP contribution in [0.1, 0.15) is 24.8 Å². The van der Waals surface area contributed by atoms with Gasteiger partial charge in [-0.05, 0) is 31.5 Å². The molecule has 0 fully saturated rings. The lowest BCUT2D eigenvalue weighted by Gasteiger charge is -2.25. The molecule has 17 heavy (non-hydrogen) atoms. The van der Waals surface area contributed by atoms with Gasteiger partial charge in [-0.25, -0.2) is 0 Å². The van der Waals surface area contributed by atoms with Crippen LogP contribution in [-0.2, 0) is 4.79 Å². The van der Waals surface area contributed by atoms with Crippen molar-refractivity contribution in [1.82, 2.24) is 0 Å². The second-order valence-electron chi connectivity index (χ2n) is 4.56. The second-order valence-corrected chi connectivity index (χ2v) is 4.56. The van der Waals surface area contributed by atoms with Crippen molar-refractivity contribution in [1.29, 1.82) is 0 Å². The van der Waals surface area contributed by atoms with Crippen molar-refractivity contribution in [3.8, 4) is 0 Å². The van der Waals surface area contributed by atoms with Crippen molar-refractivity contribution in [2.24, 2.45) is 11.5 Å². The Hall–Kier alpha value is -1.55. The first-order valence-corrected chi connectivity index (χ1v) is 6.00. The van der Waals surface area contributed by atoms with E-state index < -0.39 is 0 Å². The first-order chi connectivity index (χ1) is 8.15. The summed E-state index contributed by atoms with van der Waals surface area (Å²) >= 11 is 0. The largest absolute Gasteiger partial charge is 0.368 e. The summed E-state index contributed by atoms with van der Waals surface area (Å²) in [6.45, 7) is 3.35. The predicted molar refractivity (Wildman–Crippen MR) is 68.9 cm³/mol. The first kappa shape index (κ1) is 11.9. The number of fused-ring (bicyclic) bond motifs is 1. The Morgan fingerprint density at radius 2 is 2.24 bits per heavy atom. The van der Waals surface area contributed by atoms with Crippen molar-refractivity contribution in [3.05, 3.63) is 29.8 Å². The molecule has 2 rings (SSSR count). The van der Waals surface area contributed by atoms with Crippen LogP contribution in [0.3, 0.4) is 0 Å². The fraction of sp³-hybridized carbons (Fsp3) is 0.462. The van der Waals surface area contributed by atoms with Crippen LogP contribution >= 0.6 is 0 Å². The number of amides is 1. The number of nitrogens with zero attached hydrogens (tertiary/aromatic N) is 1. The Morgan fingerprint density at radius 3 is 2.88 bits per heavy atom. The third kappa shape index (κ3) is 2.13. The van der Waals surface area contributed by atoms with E-state index in [-0.39, 0.29) is 11.9 Å². The third-order valence-electron chi connectivity index (χ3n) is 3.50. The van der Waals surface area contributed by atoms with E-state index in [1.807, 2.05) is 25.1 Å². The number of benzene rings is 1. The molecule has 4 nitrogen and oxygen atoms in total. The van der Waals surface area contributed by atoms with E-state index in [0.29, 0.717) is 12.5 Å². The average molecular weight is 233 g/mol. The highest BCUT2D eigenvalue weighted by Gasteiger charge is 2.32. The molecule has 0 saturated carbocycles. The molecule has 1 aliphatic heterocycles. The summed E-state index contributed by atoms with van der Waals surface area (Å²) < 4.78 is 0. The van der Waals surface area contributed by atoms with E-state index in [2.05, 4.69) is 11.0 Å². The molecule has 1 aromatic rings. The highest BCUT2D eigenvalue weighted by molar-refractivity contribution is 5.84. The Balaban J connectivity index is 2.31. The quantitative estimate of drug-likeness (QED) is 0.808. The lowest BCUT2D eigenvalue weighted by molar-refractivity contribution is -0.118. The van der Waals surface area contributed by atoms with Gasteiger partial charge in [0.05, 0.1) is 0 Å². The van der Waals surface area contributed by atoms with E-state index >= 15 is 0 Å². The van der Waals surface area contributed by atoms with E-state index in [1.54, 1.807) is 0 Å². The van der Waals surface area contributed by atoms with Gasteiger partial charge < -0.3 is 16.4 Å². The SMILES string of the molecule is CC(C(N)=O)N1CC(CCN)c2ccccc21. The molecule has 0 saturated heterocycles. The lowest BCUT2D eigenvalue weighted by Crippen LogP contribution is -2.42. The maximum absolute atomic E-state index is 11.3. The van der Waals surface area contributed by atoms with Gasteiger partial charge in [-0.3, -0.25) is 4.79 Å². The van der Waals surface area contributed by atoms with Gasteiger partial charge in [0.25, 0.3) is 0 Å². The molecule has 1 aliphatic rings. The van der Waals surface area contributed by atoms with Crippen LogP contribution < -0.4 is 16.4 Å². The Kier molecular flexibility index (Phi) is 3.33. The molecule has 4 heteroatoms. The molecule has 0 aromatic heterocycles. The summed E-state index contributed by atoms with van der Waals surface area (Å²) in [5.74, 6) is 0.131. The van der Waals surface area contributed by atoms with Gasteiger partial charge in [0.1, 0.15) is 6.04 Å². The summed E-state index contributed by atoms with van der Waals surface area (Å²) in [5.41, 5.74) is 13.4. The minimum absolute atomic E-state index is 0.265. The molecule has 1 aromatic carbocycles. The fourth-order valence-corrected chi connectivity index (χ4v) is 2.50. The monoisotopic (exact) mass is 233 g/mol. The molecular formula is C13H19N3O. The molecular weight excluding hydrogens is 214 g/mol. The number of carbonyl (C=O) groups is 1. The molecule has 0 aliphatic carbocycles. The molecule has 0 spiro atoms. The zero-order valence-corrected chi connectivity index (χ0v) is 10.1. The first-order valence-electron chi connectivity index (χ1n) is 6.00. The average Bonchev–Trinajstić information content (AvgIpc) is 2.68. The Morgan fingerprint density at radius 1 is 1.53 bits per heavy atom. The van der Waals surface area contributed by atoms with Crippen molar-refractivity contribution in [2.45, 2.75) is 25.3 Å². The molecule has 0 bridgehead atoms. The van der Waals surface area contributed by atoms with Crippen LogP contribution in [0.4, 0.5) is 5.69 Å². The summed E-state index contributed by atoms with van der Waals surface area (Å²) in [6, 6.07) is 7.92. The predicted octanol–water partition coefficient (Wildman–Crippen LogP) is 0.813. The van der Waals surface area contributed by atoms with Crippen LogP contribution in [-0.4, -0.2) is 25.0 Å². The molecule has 2 unspecified atom stereocenters. The molecule has 92 valence electrons. The minimum Gasteiger partial charge on any atom is -0.368 e. The lowest BCUT2D eigenvalue weighted by atomic mass is 9.98. The molecule has 1 amide bonds. The van der Waals surface area contributed by atoms with E-state index in [0.717, 1.165) is 18.7 Å². The summed E-state index contributed by atoms with van der Waals surface area (Å²) in [5, 5.41) is 0. The topological polar surface area (TPSA) is 72.4 Å². The highest BCUT2D eigenvalue weighted by atomic mass is 16.1. The smallest absolute Gasteiger partial charge is 0.239 e. The molecule has 1 heterocycles. The summed E-state index contributed by atoms with van der Waals surface area (Å²) in [4.78, 5) is 13.4. The van der Waals surface area contributed by atoms with Gasteiger partial charge in [-0.2, -0.15) is 0 Å². The molecule has 0 radical (unpaired) electrons. The minimum atomic E-state index is -0.284. The fourth-order valence-electron chi connectivity index (χ4n) is 2.50. The van der Waals surface area contributed by atoms with Crippen molar-refractivity contribution in [3.63, 3.8) is 0 Å². The number of para-hydroxylation sites is 1. The molecule has 2 atom stereocenters. The highest BCUT2D eigenvalue weighted by Crippen LogP contribution is 2.38. The van der Waals surface area contributed by atoms with E-state index in [1.165, 1.54) is 5.56 Å². The van der Waals surface area contributed by atoms with Gasteiger partial charge in [-0.15, -0.1) is 0 Å². The van der Waals surface area contributed by atoms with Crippen LogP contribution in [0.15, 0.2) is 24.3 Å². The Labute approximate surface area is 102 Å². The summed E-state index contributed by atoms with van der Waals surface area (Å²) in [7, 11) is 0. The number of anilines is 1. The maximum Gasteiger partial charge on any atom is 0.239 e. The van der Waals surface area contributed by atoms with Crippen molar-refractivity contribution < 1.29 is 4.79 Å². The number of hydrogen-bond donors (Lipinski definition) is 2. The van der Waals surface area contributed by atoms with Gasteiger partial charge in [-0.1, -0.05) is 18.2 Å². The standard InChI is InChI=1S/C13H19N3O/c1-9(13(15)17)16-8-10(6-7-14)11-4-2-3-5-12(11)16/h2-5,9-10H,6-8,14H2,1H3,(H2,15,17). The zero-order chi connectivity index (χ0) is 12.4.